The molecule has 31 heavy (non-hydrogen) atoms. The molecular formula is C20H24N4O7. The SMILES string of the molecule is O=C1CCC(N2C(=O)c3ccc(OCCN4CCNCC4)cc3C2=O)C(=O)N1.O=CO. The zero-order valence-corrected chi connectivity index (χ0v) is 16.8. The number of ether oxygens (including phenoxy) is 1. The second kappa shape index (κ2) is 10.1. The molecule has 11 nitrogen and oxygen atoms in total. The molecule has 4 rings (SSSR count). The molecule has 0 bridgehead atoms. The van der Waals surface area contributed by atoms with Crippen molar-refractivity contribution in [2.45, 2.75) is 18.9 Å². The number of fused-ring (bicyclic) bond motifs is 1. The van der Waals surface area contributed by atoms with Gasteiger partial charge >= 0.3 is 0 Å². The number of carbonyl (C=O) groups excluding carboxylic acids is 4. The summed E-state index contributed by atoms with van der Waals surface area (Å²) in [5.74, 6) is -1.53. The topological polar surface area (TPSA) is 145 Å². The van der Waals surface area contributed by atoms with Crippen molar-refractivity contribution in [1.29, 1.82) is 0 Å². The molecule has 11 heteroatoms. The van der Waals surface area contributed by atoms with Gasteiger partial charge in [-0.25, -0.2) is 0 Å². The van der Waals surface area contributed by atoms with Gasteiger partial charge in [-0.2, -0.15) is 0 Å². The van der Waals surface area contributed by atoms with E-state index in [4.69, 9.17) is 14.6 Å². The fraction of sp³-hybridized carbons (Fsp3) is 0.450. The number of carbonyl (C=O) groups is 5. The van der Waals surface area contributed by atoms with Gasteiger partial charge in [0.2, 0.25) is 11.8 Å². The highest BCUT2D eigenvalue weighted by molar-refractivity contribution is 6.23. The molecule has 3 aliphatic rings. The highest BCUT2D eigenvalue weighted by Gasteiger charge is 2.44. The summed E-state index contributed by atoms with van der Waals surface area (Å²) in [7, 11) is 0. The van der Waals surface area contributed by atoms with E-state index in [9.17, 15) is 19.2 Å². The molecule has 0 aromatic heterocycles. The Bertz CT molecular complexity index is 882. The summed E-state index contributed by atoms with van der Waals surface area (Å²) in [5, 5.41) is 12.4. The quantitative estimate of drug-likeness (QED) is 0.397. The fourth-order valence-electron chi connectivity index (χ4n) is 3.77. The first-order chi connectivity index (χ1) is 15.0. The average molecular weight is 432 g/mol. The van der Waals surface area contributed by atoms with Gasteiger partial charge in [-0.3, -0.25) is 39.1 Å². The summed E-state index contributed by atoms with van der Waals surface area (Å²) in [5.41, 5.74) is 0.485. The summed E-state index contributed by atoms with van der Waals surface area (Å²) >= 11 is 0. The van der Waals surface area contributed by atoms with Gasteiger partial charge in [-0.05, 0) is 24.6 Å². The second-order valence-electron chi connectivity index (χ2n) is 7.20. The molecule has 0 spiro atoms. The lowest BCUT2D eigenvalue weighted by Crippen LogP contribution is -2.54. The average Bonchev–Trinajstić information content (AvgIpc) is 3.00. The lowest BCUT2D eigenvalue weighted by Gasteiger charge is -2.27. The fourth-order valence-corrected chi connectivity index (χ4v) is 3.77. The van der Waals surface area contributed by atoms with Gasteiger partial charge in [-0.15, -0.1) is 0 Å². The molecule has 3 aliphatic heterocycles. The minimum atomic E-state index is -0.956. The van der Waals surface area contributed by atoms with Crippen molar-refractivity contribution in [2.24, 2.45) is 0 Å². The number of nitrogens with one attached hydrogen (secondary N) is 2. The number of hydrogen-bond acceptors (Lipinski definition) is 8. The first-order valence-electron chi connectivity index (χ1n) is 9.95. The third kappa shape index (κ3) is 5.06. The lowest BCUT2D eigenvalue weighted by molar-refractivity contribution is -0.136. The Morgan fingerprint density at radius 3 is 2.45 bits per heavy atom. The highest BCUT2D eigenvalue weighted by Crippen LogP contribution is 2.30. The van der Waals surface area contributed by atoms with Crippen molar-refractivity contribution in [3.63, 3.8) is 0 Å². The van der Waals surface area contributed by atoms with Gasteiger partial charge in [0.05, 0.1) is 11.1 Å². The largest absolute Gasteiger partial charge is 0.492 e. The zero-order valence-electron chi connectivity index (χ0n) is 16.8. The van der Waals surface area contributed by atoms with Crippen molar-refractivity contribution in [2.75, 3.05) is 39.3 Å². The van der Waals surface area contributed by atoms with E-state index < -0.39 is 29.7 Å². The van der Waals surface area contributed by atoms with Crippen molar-refractivity contribution in [3.05, 3.63) is 29.3 Å². The summed E-state index contributed by atoms with van der Waals surface area (Å²) < 4.78 is 5.77. The van der Waals surface area contributed by atoms with Crippen LogP contribution in [-0.2, 0) is 14.4 Å². The van der Waals surface area contributed by atoms with Gasteiger partial charge in [0, 0.05) is 39.1 Å². The molecule has 0 radical (unpaired) electrons. The Hall–Kier alpha value is -3.31. The number of rotatable bonds is 5. The van der Waals surface area contributed by atoms with Crippen LogP contribution in [0.3, 0.4) is 0 Å². The van der Waals surface area contributed by atoms with Crippen LogP contribution in [0.5, 0.6) is 5.75 Å². The third-order valence-corrected chi connectivity index (χ3v) is 5.30. The number of carboxylic acid groups (broad SMARTS) is 1. The lowest BCUT2D eigenvalue weighted by atomic mass is 10.0. The number of nitrogens with zero attached hydrogens (tertiary/aromatic N) is 2. The van der Waals surface area contributed by atoms with Crippen LogP contribution in [0.15, 0.2) is 18.2 Å². The molecule has 166 valence electrons. The Kier molecular flexibility index (Phi) is 7.32. The van der Waals surface area contributed by atoms with E-state index in [1.165, 1.54) is 0 Å². The normalized spacial score (nSPS) is 21.2. The van der Waals surface area contributed by atoms with Crippen LogP contribution >= 0.6 is 0 Å². The Morgan fingerprint density at radius 2 is 1.77 bits per heavy atom. The Balaban J connectivity index is 0.000000858. The molecule has 0 saturated carbocycles. The minimum Gasteiger partial charge on any atom is -0.492 e. The van der Waals surface area contributed by atoms with Crippen LogP contribution < -0.4 is 15.4 Å². The van der Waals surface area contributed by atoms with E-state index in [2.05, 4.69) is 15.5 Å². The van der Waals surface area contributed by atoms with Crippen LogP contribution in [0.4, 0.5) is 0 Å². The molecule has 3 heterocycles. The van der Waals surface area contributed by atoms with Gasteiger partial charge in [0.15, 0.2) is 0 Å². The van der Waals surface area contributed by atoms with Gasteiger partial charge in [-0.1, -0.05) is 0 Å². The maximum absolute atomic E-state index is 12.8. The zero-order chi connectivity index (χ0) is 22.4. The van der Waals surface area contributed by atoms with E-state index in [0.717, 1.165) is 37.6 Å². The molecule has 4 amide bonds. The van der Waals surface area contributed by atoms with Crippen molar-refractivity contribution < 1.29 is 33.8 Å². The summed E-state index contributed by atoms with van der Waals surface area (Å²) in [6, 6.07) is 3.82. The first-order valence-corrected chi connectivity index (χ1v) is 9.95. The molecule has 0 aliphatic carbocycles. The summed E-state index contributed by atoms with van der Waals surface area (Å²) in [6.07, 6.45) is 0.244. The molecule has 3 N–H and O–H groups in total. The van der Waals surface area contributed by atoms with Crippen molar-refractivity contribution in [1.82, 2.24) is 20.4 Å². The van der Waals surface area contributed by atoms with Crippen LogP contribution in [-0.4, -0.2) is 90.4 Å². The van der Waals surface area contributed by atoms with E-state index in [-0.39, 0.29) is 30.4 Å². The van der Waals surface area contributed by atoms with Crippen LogP contribution in [0.1, 0.15) is 33.6 Å². The molecule has 2 saturated heterocycles. The smallest absolute Gasteiger partial charge is 0.290 e. The number of hydrogen-bond donors (Lipinski definition) is 3. The Labute approximate surface area is 178 Å². The van der Waals surface area contributed by atoms with E-state index >= 15 is 0 Å². The van der Waals surface area contributed by atoms with Crippen LogP contribution in [0.2, 0.25) is 0 Å². The van der Waals surface area contributed by atoms with Crippen molar-refractivity contribution >= 4 is 30.1 Å². The van der Waals surface area contributed by atoms with E-state index in [1.807, 2.05) is 0 Å². The number of piperazine rings is 1. The maximum atomic E-state index is 12.8. The van der Waals surface area contributed by atoms with Gasteiger partial charge < -0.3 is 15.2 Å². The van der Waals surface area contributed by atoms with E-state index in [1.54, 1.807) is 18.2 Å². The van der Waals surface area contributed by atoms with E-state index in [0.29, 0.717) is 12.4 Å². The monoisotopic (exact) mass is 432 g/mol. The molecule has 1 atom stereocenters. The Morgan fingerprint density at radius 1 is 1.10 bits per heavy atom. The third-order valence-electron chi connectivity index (χ3n) is 5.30. The minimum absolute atomic E-state index is 0.101. The highest BCUT2D eigenvalue weighted by atomic mass is 16.5. The summed E-state index contributed by atoms with van der Waals surface area (Å²) in [4.78, 5) is 60.5. The standard InChI is InChI=1S/C19H22N4O5.CH2O2/c24-16-4-3-15(17(25)21-16)23-18(26)13-2-1-12(11-14(13)19(23)27)28-10-9-22-7-5-20-6-8-22;2-1-3/h1-2,11,15,20H,3-10H2,(H,21,24,25);1H,(H,2,3). The van der Waals surface area contributed by atoms with Crippen LogP contribution in [0.25, 0.3) is 0 Å². The molecule has 2 fully saturated rings. The van der Waals surface area contributed by atoms with Gasteiger partial charge in [0.1, 0.15) is 18.4 Å². The molecule has 1 unspecified atom stereocenters. The first kappa shape index (κ1) is 22.4. The second-order valence-corrected chi connectivity index (χ2v) is 7.20. The molecular weight excluding hydrogens is 408 g/mol. The maximum Gasteiger partial charge on any atom is 0.290 e. The predicted octanol–water partition coefficient (Wildman–Crippen LogP) is -0.927. The number of imide groups is 2. The number of benzene rings is 1. The number of piperidine rings is 1. The molecule has 1 aromatic carbocycles. The van der Waals surface area contributed by atoms with Crippen molar-refractivity contribution in [3.8, 4) is 5.75 Å². The summed E-state index contributed by atoms with van der Waals surface area (Å²) in [6.45, 7) is 4.89. The van der Waals surface area contributed by atoms with Crippen LogP contribution in [0, 0.1) is 0 Å². The molecule has 1 aromatic rings. The predicted molar refractivity (Wildman–Crippen MR) is 107 cm³/mol. The number of amides is 4. The van der Waals surface area contributed by atoms with Gasteiger partial charge in [0.25, 0.3) is 18.3 Å².